The molecule has 8 nitrogen and oxygen atoms in total. The molecule has 0 saturated carbocycles. The Morgan fingerprint density at radius 1 is 0.925 bits per heavy atom. The molecule has 2 N–H and O–H groups in total. The molecule has 9 heteroatoms. The van der Waals surface area contributed by atoms with E-state index < -0.39 is 16.1 Å². The van der Waals surface area contributed by atoms with Crippen LogP contribution in [-0.2, 0) is 16.6 Å². The number of carbonyl (C=O) groups is 1. The molecule has 3 aromatic carbocycles. The Labute approximate surface area is 236 Å². The van der Waals surface area contributed by atoms with Crippen LogP contribution in [-0.4, -0.2) is 56.4 Å². The molecule has 1 aliphatic heterocycles. The first kappa shape index (κ1) is 27.7. The lowest BCUT2D eigenvalue weighted by Gasteiger charge is -2.35. The Morgan fingerprint density at radius 2 is 1.57 bits per heavy atom. The number of hydrogen-bond acceptors (Lipinski definition) is 5. The number of aryl methyl sites for hydroxylation is 3. The summed E-state index contributed by atoms with van der Waals surface area (Å²) in [5.74, 6) is 0.179. The summed E-state index contributed by atoms with van der Waals surface area (Å²) in [7, 11) is -4.00. The summed E-state index contributed by atoms with van der Waals surface area (Å²) < 4.78 is 36.0. The van der Waals surface area contributed by atoms with Gasteiger partial charge in [0.05, 0.1) is 6.61 Å². The van der Waals surface area contributed by atoms with Crippen LogP contribution in [0.5, 0.6) is 5.75 Å². The van der Waals surface area contributed by atoms with Gasteiger partial charge in [-0.2, -0.15) is 12.7 Å². The van der Waals surface area contributed by atoms with E-state index in [2.05, 4.69) is 35.4 Å². The van der Waals surface area contributed by atoms with Crippen LogP contribution in [0.1, 0.15) is 39.2 Å². The normalized spacial score (nSPS) is 14.4. The smallest absolute Gasteiger partial charge is 0.304 e. The summed E-state index contributed by atoms with van der Waals surface area (Å²) in [6.45, 7) is 8.42. The van der Waals surface area contributed by atoms with Gasteiger partial charge in [0.15, 0.2) is 0 Å². The van der Waals surface area contributed by atoms with Gasteiger partial charge in [-0.25, -0.2) is 4.72 Å². The van der Waals surface area contributed by atoms with Gasteiger partial charge in [-0.1, -0.05) is 36.4 Å². The summed E-state index contributed by atoms with van der Waals surface area (Å²) in [5.41, 5.74) is 6.55. The molecule has 1 aliphatic rings. The first-order chi connectivity index (χ1) is 19.2. The largest absolute Gasteiger partial charge is 0.494 e. The maximum atomic E-state index is 13.4. The number of piperazine rings is 1. The number of ether oxygens (including phenoxy) is 1. The number of anilines is 1. The number of fused-ring (bicyclic) bond motifs is 1. The van der Waals surface area contributed by atoms with Crippen molar-refractivity contribution in [1.29, 1.82) is 0 Å². The molecular weight excluding hydrogens is 524 g/mol. The maximum Gasteiger partial charge on any atom is 0.304 e. The third kappa shape index (κ3) is 6.00. The molecule has 0 aliphatic carbocycles. The number of rotatable bonds is 9. The number of H-pyrrole nitrogens is 1. The standard InChI is InChI=1S/C31H36N4O4S/c1-22-20-26(21-23(2)24(22)3)39-19-9-13-28-27-12-7-8-14-29(27)32-30(28)31(36)33-40(37,38)35-17-15-34(16-18-35)25-10-5-4-6-11-25/h4-8,10-12,14,20-21,32H,9,13,15-19H2,1-3H3,(H,33,36). The molecule has 210 valence electrons. The van der Waals surface area contributed by atoms with Gasteiger partial charge >= 0.3 is 10.2 Å². The van der Waals surface area contributed by atoms with Crippen molar-refractivity contribution in [2.45, 2.75) is 33.6 Å². The van der Waals surface area contributed by atoms with Crippen molar-refractivity contribution in [3.63, 3.8) is 0 Å². The van der Waals surface area contributed by atoms with Gasteiger partial charge in [-0.05, 0) is 86.2 Å². The first-order valence-electron chi connectivity index (χ1n) is 13.7. The van der Waals surface area contributed by atoms with Crippen LogP contribution in [0.2, 0.25) is 0 Å². The summed E-state index contributed by atoms with van der Waals surface area (Å²) >= 11 is 0. The lowest BCUT2D eigenvalue weighted by atomic mass is 10.0. The topological polar surface area (TPSA) is 94.7 Å². The molecular formula is C31H36N4O4S. The average Bonchev–Trinajstić information content (AvgIpc) is 3.33. The number of hydrogen-bond donors (Lipinski definition) is 2. The second-order valence-corrected chi connectivity index (χ2v) is 12.0. The number of benzene rings is 3. The number of carbonyl (C=O) groups excluding carboxylic acids is 1. The zero-order chi connectivity index (χ0) is 28.3. The van der Waals surface area contributed by atoms with Crippen LogP contribution in [0.25, 0.3) is 10.9 Å². The second-order valence-electron chi connectivity index (χ2n) is 10.3. The molecule has 1 aromatic heterocycles. The molecule has 1 saturated heterocycles. The highest BCUT2D eigenvalue weighted by atomic mass is 32.2. The summed E-state index contributed by atoms with van der Waals surface area (Å²) in [5, 5.41) is 0.906. The zero-order valence-electron chi connectivity index (χ0n) is 23.2. The van der Waals surface area contributed by atoms with E-state index in [1.54, 1.807) is 0 Å². The Bertz CT molecular complexity index is 1580. The minimum atomic E-state index is -4.00. The van der Waals surface area contributed by atoms with Crippen LogP contribution in [0.3, 0.4) is 0 Å². The van der Waals surface area contributed by atoms with Gasteiger partial charge in [0.1, 0.15) is 11.4 Å². The molecule has 1 fully saturated rings. The molecule has 2 heterocycles. The van der Waals surface area contributed by atoms with E-state index in [1.807, 2.05) is 66.7 Å². The fraction of sp³-hybridized carbons (Fsp3) is 0.323. The molecule has 0 bridgehead atoms. The number of para-hydroxylation sites is 2. The molecule has 1 amide bonds. The van der Waals surface area contributed by atoms with Gasteiger partial charge in [0.25, 0.3) is 5.91 Å². The number of amides is 1. The third-order valence-corrected chi connectivity index (χ3v) is 9.19. The SMILES string of the molecule is Cc1cc(OCCCc2c(C(=O)NS(=O)(=O)N3CCN(c4ccccc4)CC3)[nH]c3ccccc23)cc(C)c1C. The van der Waals surface area contributed by atoms with E-state index in [0.29, 0.717) is 45.6 Å². The van der Waals surface area contributed by atoms with Gasteiger partial charge in [0.2, 0.25) is 0 Å². The van der Waals surface area contributed by atoms with E-state index in [4.69, 9.17) is 4.74 Å². The predicted molar refractivity (Wildman–Crippen MR) is 159 cm³/mol. The monoisotopic (exact) mass is 560 g/mol. The van der Waals surface area contributed by atoms with Crippen LogP contribution >= 0.6 is 0 Å². The average molecular weight is 561 g/mol. The molecule has 0 unspecified atom stereocenters. The first-order valence-corrected chi connectivity index (χ1v) is 15.1. The van der Waals surface area contributed by atoms with Crippen LogP contribution < -0.4 is 14.4 Å². The van der Waals surface area contributed by atoms with E-state index in [1.165, 1.54) is 21.0 Å². The second kappa shape index (κ2) is 11.7. The highest BCUT2D eigenvalue weighted by Crippen LogP contribution is 2.25. The molecule has 0 spiro atoms. The fourth-order valence-corrected chi connectivity index (χ4v) is 6.34. The summed E-state index contributed by atoms with van der Waals surface area (Å²) in [6.07, 6.45) is 1.23. The van der Waals surface area contributed by atoms with Crippen molar-refractivity contribution in [2.75, 3.05) is 37.7 Å². The Morgan fingerprint density at radius 3 is 2.27 bits per heavy atom. The van der Waals surface area contributed by atoms with Crippen LogP contribution in [0.15, 0.2) is 66.7 Å². The van der Waals surface area contributed by atoms with E-state index in [9.17, 15) is 13.2 Å². The zero-order valence-corrected chi connectivity index (χ0v) is 24.1. The quantitative estimate of drug-likeness (QED) is 0.284. The van der Waals surface area contributed by atoms with Gasteiger partial charge < -0.3 is 14.6 Å². The van der Waals surface area contributed by atoms with Crippen molar-refractivity contribution >= 4 is 32.7 Å². The Hall–Kier alpha value is -3.82. The Kier molecular flexibility index (Phi) is 8.14. The van der Waals surface area contributed by atoms with Gasteiger partial charge in [0, 0.05) is 42.8 Å². The molecule has 0 atom stereocenters. The lowest BCUT2D eigenvalue weighted by Crippen LogP contribution is -2.53. The van der Waals surface area contributed by atoms with Crippen molar-refractivity contribution in [2.24, 2.45) is 0 Å². The van der Waals surface area contributed by atoms with Gasteiger partial charge in [-0.15, -0.1) is 0 Å². The number of nitrogens with one attached hydrogen (secondary N) is 2. The minimum absolute atomic E-state index is 0.273. The highest BCUT2D eigenvalue weighted by Gasteiger charge is 2.30. The van der Waals surface area contributed by atoms with Crippen molar-refractivity contribution in [1.82, 2.24) is 14.0 Å². The predicted octanol–water partition coefficient (Wildman–Crippen LogP) is 4.90. The van der Waals surface area contributed by atoms with E-state index in [-0.39, 0.29) is 5.69 Å². The number of nitrogens with zero attached hydrogens (tertiary/aromatic N) is 2. The summed E-state index contributed by atoms with van der Waals surface area (Å²) in [4.78, 5) is 18.6. The Balaban J connectivity index is 1.25. The maximum absolute atomic E-state index is 13.4. The van der Waals surface area contributed by atoms with Crippen molar-refractivity contribution < 1.29 is 17.9 Å². The summed E-state index contributed by atoms with van der Waals surface area (Å²) in [6, 6.07) is 21.6. The molecule has 0 radical (unpaired) electrons. The number of aromatic amines is 1. The minimum Gasteiger partial charge on any atom is -0.494 e. The fourth-order valence-electron chi connectivity index (χ4n) is 5.23. The van der Waals surface area contributed by atoms with Crippen LogP contribution in [0, 0.1) is 20.8 Å². The number of aromatic nitrogens is 1. The molecule has 5 rings (SSSR count). The van der Waals surface area contributed by atoms with Gasteiger partial charge in [-0.3, -0.25) is 4.79 Å². The van der Waals surface area contributed by atoms with Crippen LogP contribution in [0.4, 0.5) is 5.69 Å². The molecule has 4 aromatic rings. The third-order valence-electron chi connectivity index (χ3n) is 7.70. The van der Waals surface area contributed by atoms with E-state index >= 15 is 0 Å². The van der Waals surface area contributed by atoms with Crippen molar-refractivity contribution in [3.8, 4) is 5.75 Å². The lowest BCUT2D eigenvalue weighted by molar-refractivity contribution is 0.0973. The molecule has 40 heavy (non-hydrogen) atoms. The highest BCUT2D eigenvalue weighted by molar-refractivity contribution is 7.87. The van der Waals surface area contributed by atoms with Crippen molar-refractivity contribution in [3.05, 3.63) is 94.7 Å². The van der Waals surface area contributed by atoms with E-state index in [0.717, 1.165) is 27.9 Å².